The summed E-state index contributed by atoms with van der Waals surface area (Å²) in [5, 5.41) is 14.7. The Hall–Kier alpha value is -5.62. The first-order chi connectivity index (χ1) is 31.6. The molecule has 3 N–H and O–H groups in total. The second kappa shape index (κ2) is 16.0. The van der Waals surface area contributed by atoms with Crippen LogP contribution in [0, 0.1) is 23.1 Å². The maximum Gasteiger partial charge on any atom is 0.301 e. The van der Waals surface area contributed by atoms with Crippen LogP contribution in [0.15, 0.2) is 41.3 Å². The fraction of sp³-hybridized carbons (Fsp3) is 0.532. The van der Waals surface area contributed by atoms with Gasteiger partial charge in [-0.15, -0.1) is 0 Å². The van der Waals surface area contributed by atoms with Crippen molar-refractivity contribution >= 4 is 74.0 Å². The number of pyridine rings is 1. The summed E-state index contributed by atoms with van der Waals surface area (Å²) in [6, 6.07) is 8.22. The lowest BCUT2D eigenvalue weighted by Gasteiger charge is -2.54. The van der Waals surface area contributed by atoms with Gasteiger partial charge in [0.2, 0.25) is 23.5 Å². The van der Waals surface area contributed by atoms with E-state index in [4.69, 9.17) is 26.4 Å². The van der Waals surface area contributed by atoms with Gasteiger partial charge in [-0.3, -0.25) is 29.3 Å². The molecule has 5 aromatic rings. The number of nitrogens with zero attached hydrogens (tertiary/aromatic N) is 8. The molecule has 3 atom stereocenters. The average molecular weight is 928 g/mol. The zero-order chi connectivity index (χ0) is 45.8. The van der Waals surface area contributed by atoms with Crippen LogP contribution in [0.1, 0.15) is 69.9 Å². The molecular weight excluding hydrogens is 875 g/mol. The van der Waals surface area contributed by atoms with Crippen LogP contribution in [0.2, 0.25) is 5.02 Å². The molecule has 3 unspecified atom stereocenters. The standard InChI is InChI=1S/C47H53ClF3N11O4/c1-25-20-61(28-6-7-29-36(16-28)59(3)57-38(29)30-8-9-37(63)54-43(30)64)15-14-60(25)21-26-10-12-46(13-11-26)22-62(23-46)45-52-19-32(48)42(56-45)53-34-17-31-35(18-33(34)49)58(2)44(65)40-39(31)55-41(27-4-5-27)47(50,51)24-66-40/h6-7,16-19,25-27,30,41,55H,4-5,8-15,20-24H2,1-3H3,(H,52,53,56)(H,54,63,64). The van der Waals surface area contributed by atoms with Crippen molar-refractivity contribution in [2.45, 2.75) is 82.2 Å². The number of halogens is 4. The van der Waals surface area contributed by atoms with E-state index in [0.29, 0.717) is 49.0 Å². The third-order valence-electron chi connectivity index (χ3n) is 15.2. The lowest BCUT2D eigenvalue weighted by molar-refractivity contribution is -0.134. The number of hydrogen-bond donors (Lipinski definition) is 3. The molecule has 348 valence electrons. The molecule has 2 saturated carbocycles. The number of ether oxygens (including phenoxy) is 1. The first-order valence-electron chi connectivity index (χ1n) is 23.1. The van der Waals surface area contributed by atoms with Gasteiger partial charge < -0.3 is 29.7 Å². The Morgan fingerprint density at radius 3 is 2.50 bits per heavy atom. The first-order valence-corrected chi connectivity index (χ1v) is 23.5. The Kier molecular flexibility index (Phi) is 10.4. The van der Waals surface area contributed by atoms with Gasteiger partial charge in [0.15, 0.2) is 12.4 Å². The second-order valence-corrected chi connectivity index (χ2v) is 20.1. The van der Waals surface area contributed by atoms with Gasteiger partial charge in [-0.1, -0.05) is 11.6 Å². The third-order valence-corrected chi connectivity index (χ3v) is 15.5. The van der Waals surface area contributed by atoms with Gasteiger partial charge in [-0.2, -0.15) is 10.1 Å². The van der Waals surface area contributed by atoms with Crippen LogP contribution in [-0.2, 0) is 23.7 Å². The molecule has 4 aliphatic heterocycles. The number of fused-ring (bicyclic) bond motifs is 4. The van der Waals surface area contributed by atoms with Gasteiger partial charge >= 0.3 is 5.92 Å². The SMILES string of the molecule is CC1CN(c2ccc3c(C4CCC(=O)NC4=O)nn(C)c3c2)CCN1CC1CCC2(CC1)CN(c1ncc(Cl)c(Nc3cc4c5c(c(=O)n(C)c4cc3F)OCC(F)(F)C(C3CC3)N5)n1)C2. The van der Waals surface area contributed by atoms with E-state index in [2.05, 4.69) is 60.8 Å². The van der Waals surface area contributed by atoms with Crippen molar-refractivity contribution in [3.8, 4) is 5.75 Å². The van der Waals surface area contributed by atoms with E-state index in [9.17, 15) is 14.4 Å². The molecule has 19 heteroatoms. The highest BCUT2D eigenvalue weighted by atomic mass is 35.5. The minimum atomic E-state index is -3.20. The number of aromatic nitrogens is 5. The fourth-order valence-corrected chi connectivity index (χ4v) is 11.4. The number of anilines is 5. The molecule has 3 aromatic heterocycles. The van der Waals surface area contributed by atoms with Crippen LogP contribution in [0.3, 0.4) is 0 Å². The number of benzene rings is 2. The van der Waals surface area contributed by atoms with Gasteiger partial charge in [0, 0.05) is 93.8 Å². The van der Waals surface area contributed by atoms with Crippen molar-refractivity contribution in [3.05, 3.63) is 63.4 Å². The van der Waals surface area contributed by atoms with E-state index >= 15 is 13.2 Å². The summed E-state index contributed by atoms with van der Waals surface area (Å²) in [6.07, 6.45) is 8.11. The zero-order valence-electron chi connectivity index (χ0n) is 37.2. The van der Waals surface area contributed by atoms with Crippen molar-refractivity contribution in [1.29, 1.82) is 0 Å². The van der Waals surface area contributed by atoms with Crippen LogP contribution in [0.25, 0.3) is 21.8 Å². The number of aryl methyl sites for hydroxylation is 2. The Morgan fingerprint density at radius 2 is 1.76 bits per heavy atom. The van der Waals surface area contributed by atoms with E-state index in [0.717, 1.165) is 87.2 Å². The van der Waals surface area contributed by atoms with Crippen molar-refractivity contribution < 1.29 is 27.5 Å². The van der Waals surface area contributed by atoms with Crippen molar-refractivity contribution in [3.63, 3.8) is 0 Å². The van der Waals surface area contributed by atoms with Crippen molar-refractivity contribution in [2.24, 2.45) is 31.3 Å². The van der Waals surface area contributed by atoms with Gasteiger partial charge in [-0.25, -0.2) is 18.2 Å². The number of nitrogens with one attached hydrogen (secondary N) is 3. The van der Waals surface area contributed by atoms with Crippen LogP contribution >= 0.6 is 11.6 Å². The summed E-state index contributed by atoms with van der Waals surface area (Å²) >= 11 is 6.59. The average Bonchev–Trinajstić information content (AvgIpc) is 4.09. The van der Waals surface area contributed by atoms with E-state index in [1.807, 2.05) is 11.7 Å². The molecule has 7 heterocycles. The summed E-state index contributed by atoms with van der Waals surface area (Å²) in [5.74, 6) is -3.98. The molecule has 3 saturated heterocycles. The Bertz CT molecular complexity index is 2850. The molecule has 66 heavy (non-hydrogen) atoms. The lowest BCUT2D eigenvalue weighted by atomic mass is 9.66. The van der Waals surface area contributed by atoms with Gasteiger partial charge in [0.25, 0.3) is 5.56 Å². The Labute approximate surface area is 384 Å². The highest BCUT2D eigenvalue weighted by Gasteiger charge is 2.51. The largest absolute Gasteiger partial charge is 0.480 e. The summed E-state index contributed by atoms with van der Waals surface area (Å²) < 4.78 is 54.7. The lowest BCUT2D eigenvalue weighted by Crippen LogP contribution is -2.59. The molecule has 2 aliphatic carbocycles. The minimum absolute atomic E-state index is 0.0121. The van der Waals surface area contributed by atoms with Crippen LogP contribution in [0.5, 0.6) is 5.75 Å². The van der Waals surface area contributed by atoms with E-state index in [-0.39, 0.29) is 56.6 Å². The van der Waals surface area contributed by atoms with E-state index in [1.165, 1.54) is 29.9 Å². The summed E-state index contributed by atoms with van der Waals surface area (Å²) in [7, 11) is 3.37. The predicted octanol–water partition coefficient (Wildman–Crippen LogP) is 6.70. The Balaban J connectivity index is 0.710. The molecule has 6 aliphatic rings. The van der Waals surface area contributed by atoms with E-state index in [1.54, 1.807) is 0 Å². The molecule has 2 amide bonds. The smallest absolute Gasteiger partial charge is 0.301 e. The van der Waals surface area contributed by atoms with Gasteiger partial charge in [-0.05, 0) is 88.0 Å². The number of rotatable bonds is 8. The number of imide groups is 1. The number of alkyl halides is 2. The Morgan fingerprint density at radius 1 is 0.970 bits per heavy atom. The number of piperidine rings is 1. The maximum atomic E-state index is 15.8. The normalized spacial score (nSPS) is 24.4. The topological polar surface area (TPSA) is 155 Å². The monoisotopic (exact) mass is 927 g/mol. The number of carbonyl (C=O) groups is 2. The highest BCUT2D eigenvalue weighted by Crippen LogP contribution is 2.48. The van der Waals surface area contributed by atoms with Crippen molar-refractivity contribution in [1.82, 2.24) is 34.5 Å². The van der Waals surface area contributed by atoms with Gasteiger partial charge in [0.1, 0.15) is 10.8 Å². The number of carbonyl (C=O) groups excluding carboxylic acids is 2. The van der Waals surface area contributed by atoms with Crippen LogP contribution in [0.4, 0.5) is 42.0 Å². The zero-order valence-corrected chi connectivity index (χ0v) is 37.9. The predicted molar refractivity (Wildman–Crippen MR) is 246 cm³/mol. The summed E-state index contributed by atoms with van der Waals surface area (Å²) in [6.45, 7) is 6.89. The molecule has 1 spiro atoms. The molecule has 2 aromatic carbocycles. The maximum absolute atomic E-state index is 15.8. The molecular formula is C47H53ClF3N11O4. The van der Waals surface area contributed by atoms with Crippen LogP contribution in [-0.4, -0.2) is 105 Å². The fourth-order valence-electron chi connectivity index (χ4n) is 11.2. The van der Waals surface area contributed by atoms with Crippen molar-refractivity contribution in [2.75, 3.05) is 66.3 Å². The van der Waals surface area contributed by atoms with Gasteiger partial charge in [0.05, 0.1) is 46.3 Å². The number of amides is 2. The molecule has 15 nitrogen and oxygen atoms in total. The minimum Gasteiger partial charge on any atom is -0.480 e. The number of hydrogen-bond acceptors (Lipinski definition) is 12. The summed E-state index contributed by atoms with van der Waals surface area (Å²) in [4.78, 5) is 54.1. The highest BCUT2D eigenvalue weighted by molar-refractivity contribution is 6.33. The summed E-state index contributed by atoms with van der Waals surface area (Å²) in [5.41, 5.74) is 2.76. The van der Waals surface area contributed by atoms with Crippen LogP contribution < -0.4 is 36.0 Å². The molecule has 0 bridgehead atoms. The quantitative estimate of drug-likeness (QED) is 0.142. The first kappa shape index (κ1) is 43.0. The molecule has 5 fully saturated rings. The molecule has 11 rings (SSSR count). The third kappa shape index (κ3) is 7.57. The molecule has 0 radical (unpaired) electrons. The van der Waals surface area contributed by atoms with E-state index < -0.39 is 35.9 Å². The second-order valence-electron chi connectivity index (χ2n) is 19.7. The number of piperazine rings is 1.